The van der Waals surface area contributed by atoms with E-state index in [4.69, 9.17) is 10.3 Å². The summed E-state index contributed by atoms with van der Waals surface area (Å²) in [5.41, 5.74) is 7.97. The highest BCUT2D eigenvalue weighted by Gasteiger charge is 2.32. The number of hydrogen-bond acceptors (Lipinski definition) is 5. The van der Waals surface area contributed by atoms with Crippen molar-refractivity contribution in [2.45, 2.75) is 38.5 Å². The highest BCUT2D eigenvalue weighted by molar-refractivity contribution is 6.06. The first-order valence-electron chi connectivity index (χ1n) is 8.40. The molecular formula is C17H20N4O3. The fourth-order valence-electron chi connectivity index (χ4n) is 3.43. The van der Waals surface area contributed by atoms with Crippen LogP contribution in [0, 0.1) is 12.8 Å². The molecule has 7 heteroatoms. The van der Waals surface area contributed by atoms with Crippen LogP contribution in [0.3, 0.4) is 0 Å². The largest absolute Gasteiger partial charge is 0.369 e. The molecule has 2 fully saturated rings. The van der Waals surface area contributed by atoms with Crippen LogP contribution in [0.2, 0.25) is 0 Å². The fourth-order valence-corrected chi connectivity index (χ4v) is 3.43. The summed E-state index contributed by atoms with van der Waals surface area (Å²) in [5, 5.41) is 4.64. The van der Waals surface area contributed by atoms with E-state index in [9.17, 15) is 9.59 Å². The summed E-state index contributed by atoms with van der Waals surface area (Å²) in [5.74, 6) is -0.300. The molecule has 2 aromatic rings. The standard InChI is InChI=1S/C17H20N4O3/c1-9-14-12(7-13(10-4-5-10)19-16(14)24-20-9)17(23)21-6-2-3-11(8-21)15(18)22/h7,10-11H,2-6,8H2,1H3,(H2,18,22)/t11-/m1/s1. The predicted molar refractivity (Wildman–Crippen MR) is 86.3 cm³/mol. The summed E-state index contributed by atoms with van der Waals surface area (Å²) in [7, 11) is 0. The van der Waals surface area contributed by atoms with Gasteiger partial charge in [-0.3, -0.25) is 9.59 Å². The zero-order valence-electron chi connectivity index (χ0n) is 13.6. The number of pyridine rings is 1. The molecular weight excluding hydrogens is 308 g/mol. The van der Waals surface area contributed by atoms with Crippen molar-refractivity contribution in [2.75, 3.05) is 13.1 Å². The maximum absolute atomic E-state index is 13.1. The molecule has 0 bridgehead atoms. The van der Waals surface area contributed by atoms with E-state index < -0.39 is 0 Å². The van der Waals surface area contributed by atoms with E-state index in [0.717, 1.165) is 31.4 Å². The maximum atomic E-state index is 13.1. The van der Waals surface area contributed by atoms with Crippen molar-refractivity contribution in [3.05, 3.63) is 23.0 Å². The summed E-state index contributed by atoms with van der Waals surface area (Å²) in [4.78, 5) is 30.8. The van der Waals surface area contributed by atoms with Gasteiger partial charge in [0, 0.05) is 24.7 Å². The number of rotatable bonds is 3. The van der Waals surface area contributed by atoms with Crippen LogP contribution in [-0.4, -0.2) is 39.9 Å². The molecule has 2 aliphatic rings. The summed E-state index contributed by atoms with van der Waals surface area (Å²) >= 11 is 0. The van der Waals surface area contributed by atoms with Gasteiger partial charge in [0.15, 0.2) is 0 Å². The van der Waals surface area contributed by atoms with Crippen molar-refractivity contribution in [2.24, 2.45) is 11.7 Å². The molecule has 2 amide bonds. The molecule has 1 aliphatic heterocycles. The Kier molecular flexibility index (Phi) is 3.51. The van der Waals surface area contributed by atoms with Crippen LogP contribution in [0.25, 0.3) is 11.1 Å². The van der Waals surface area contributed by atoms with Gasteiger partial charge in [-0.05, 0) is 38.7 Å². The van der Waals surface area contributed by atoms with Crippen molar-refractivity contribution in [1.29, 1.82) is 0 Å². The minimum Gasteiger partial charge on any atom is -0.369 e. The molecule has 4 rings (SSSR count). The second-order valence-corrected chi connectivity index (χ2v) is 6.81. The second kappa shape index (κ2) is 5.58. The van der Waals surface area contributed by atoms with E-state index in [2.05, 4.69) is 10.1 Å². The van der Waals surface area contributed by atoms with Crippen molar-refractivity contribution < 1.29 is 14.1 Å². The Morgan fingerprint density at radius 3 is 2.83 bits per heavy atom. The van der Waals surface area contributed by atoms with E-state index in [1.54, 1.807) is 4.90 Å². The predicted octanol–water partition coefficient (Wildman–Crippen LogP) is 1.75. The van der Waals surface area contributed by atoms with E-state index >= 15 is 0 Å². The number of nitrogens with zero attached hydrogens (tertiary/aromatic N) is 3. The molecule has 2 N–H and O–H groups in total. The number of carbonyl (C=O) groups is 2. The Labute approximate surface area is 139 Å². The number of fused-ring (bicyclic) bond motifs is 1. The lowest BCUT2D eigenvalue weighted by molar-refractivity contribution is -0.123. The molecule has 1 aliphatic carbocycles. The van der Waals surface area contributed by atoms with Gasteiger partial charge in [0.2, 0.25) is 5.91 Å². The molecule has 0 radical (unpaired) electrons. The van der Waals surface area contributed by atoms with Crippen LogP contribution in [0.15, 0.2) is 10.6 Å². The number of carbonyl (C=O) groups excluding carboxylic acids is 2. The minimum absolute atomic E-state index is 0.0958. The summed E-state index contributed by atoms with van der Waals surface area (Å²) < 4.78 is 5.30. The van der Waals surface area contributed by atoms with Crippen LogP contribution in [0.1, 0.15) is 53.3 Å². The number of nitrogens with two attached hydrogens (primary N) is 1. The lowest BCUT2D eigenvalue weighted by Gasteiger charge is -2.31. The molecule has 3 heterocycles. The maximum Gasteiger partial charge on any atom is 0.259 e. The number of piperidine rings is 1. The monoisotopic (exact) mass is 328 g/mol. The van der Waals surface area contributed by atoms with Crippen molar-refractivity contribution >= 4 is 22.9 Å². The highest BCUT2D eigenvalue weighted by atomic mass is 16.5. The Morgan fingerprint density at radius 2 is 2.12 bits per heavy atom. The average Bonchev–Trinajstić information content (AvgIpc) is 3.37. The molecule has 1 saturated carbocycles. The van der Waals surface area contributed by atoms with Gasteiger partial charge in [-0.15, -0.1) is 0 Å². The van der Waals surface area contributed by atoms with Crippen molar-refractivity contribution in [1.82, 2.24) is 15.0 Å². The first-order valence-corrected chi connectivity index (χ1v) is 8.40. The zero-order valence-corrected chi connectivity index (χ0v) is 13.6. The average molecular weight is 328 g/mol. The topological polar surface area (TPSA) is 102 Å². The van der Waals surface area contributed by atoms with Crippen LogP contribution >= 0.6 is 0 Å². The van der Waals surface area contributed by atoms with Gasteiger partial charge in [-0.25, -0.2) is 4.98 Å². The molecule has 1 atom stereocenters. The molecule has 126 valence electrons. The Morgan fingerprint density at radius 1 is 1.33 bits per heavy atom. The smallest absolute Gasteiger partial charge is 0.259 e. The van der Waals surface area contributed by atoms with E-state index in [0.29, 0.717) is 41.4 Å². The van der Waals surface area contributed by atoms with Crippen LogP contribution in [-0.2, 0) is 4.79 Å². The Balaban J connectivity index is 1.73. The molecule has 2 aromatic heterocycles. The van der Waals surface area contributed by atoms with Gasteiger partial charge in [0.05, 0.1) is 22.6 Å². The van der Waals surface area contributed by atoms with Gasteiger partial charge < -0.3 is 15.2 Å². The van der Waals surface area contributed by atoms with Crippen LogP contribution in [0.4, 0.5) is 0 Å². The third-order valence-corrected chi connectivity index (χ3v) is 4.97. The first-order chi connectivity index (χ1) is 11.5. The number of likely N-dealkylation sites (tertiary alicyclic amines) is 1. The summed E-state index contributed by atoms with van der Waals surface area (Å²) in [6.07, 6.45) is 3.70. The molecule has 0 aromatic carbocycles. The number of hydrogen-bond donors (Lipinski definition) is 1. The van der Waals surface area contributed by atoms with E-state index in [1.165, 1.54) is 0 Å². The molecule has 0 spiro atoms. The molecule has 1 saturated heterocycles. The third-order valence-electron chi connectivity index (χ3n) is 4.97. The molecule has 7 nitrogen and oxygen atoms in total. The minimum atomic E-state index is -0.341. The number of primary amides is 1. The summed E-state index contributed by atoms with van der Waals surface area (Å²) in [6, 6.07) is 1.88. The first kappa shape index (κ1) is 15.1. The lowest BCUT2D eigenvalue weighted by Crippen LogP contribution is -2.44. The van der Waals surface area contributed by atoms with Gasteiger partial charge in [0.25, 0.3) is 11.6 Å². The van der Waals surface area contributed by atoms with Crippen molar-refractivity contribution in [3.8, 4) is 0 Å². The van der Waals surface area contributed by atoms with Crippen LogP contribution in [0.5, 0.6) is 0 Å². The zero-order chi connectivity index (χ0) is 16.8. The van der Waals surface area contributed by atoms with Crippen molar-refractivity contribution in [3.63, 3.8) is 0 Å². The van der Waals surface area contributed by atoms with Gasteiger partial charge in [-0.1, -0.05) is 5.16 Å². The number of aryl methyl sites for hydroxylation is 1. The molecule has 0 unspecified atom stereocenters. The number of amides is 2. The van der Waals surface area contributed by atoms with Gasteiger partial charge in [0.1, 0.15) is 0 Å². The second-order valence-electron chi connectivity index (χ2n) is 6.81. The highest BCUT2D eigenvalue weighted by Crippen LogP contribution is 2.40. The SMILES string of the molecule is Cc1noc2nc(C3CC3)cc(C(=O)N3CCC[C@@H](C(N)=O)C3)c12. The fraction of sp³-hybridized carbons (Fsp3) is 0.529. The van der Waals surface area contributed by atoms with Crippen LogP contribution < -0.4 is 5.73 Å². The Hall–Kier alpha value is -2.44. The van der Waals surface area contributed by atoms with Gasteiger partial charge >= 0.3 is 0 Å². The van der Waals surface area contributed by atoms with E-state index in [-0.39, 0.29) is 17.7 Å². The third kappa shape index (κ3) is 2.53. The lowest BCUT2D eigenvalue weighted by atomic mass is 9.96. The van der Waals surface area contributed by atoms with E-state index in [1.807, 2.05) is 13.0 Å². The quantitative estimate of drug-likeness (QED) is 0.924. The molecule has 24 heavy (non-hydrogen) atoms. The normalized spacial score (nSPS) is 21.2. The number of aromatic nitrogens is 2. The van der Waals surface area contributed by atoms with Gasteiger partial charge in [-0.2, -0.15) is 0 Å². The Bertz CT molecular complexity index is 825. The summed E-state index contributed by atoms with van der Waals surface area (Å²) in [6.45, 7) is 2.82.